The molecule has 0 aliphatic heterocycles. The molecule has 0 radical (unpaired) electrons. The van der Waals surface area contributed by atoms with Crippen molar-refractivity contribution in [1.82, 2.24) is 0 Å². The number of fused-ring (bicyclic) bond motifs is 5. The van der Waals surface area contributed by atoms with E-state index in [0.717, 1.165) is 74.0 Å². The SMILES string of the molecule is CCc1oc(CCCCCCCCCCC(=O)OC2CCC3(C)C(=CCC4C3CCC3(C)C(C(C)CCCC(C)C)CCC43)C2)c(C)c1C. The van der Waals surface area contributed by atoms with E-state index < -0.39 is 0 Å². The Bertz CT molecular complexity index is 1240. The molecule has 4 aliphatic carbocycles. The van der Waals surface area contributed by atoms with E-state index in [0.29, 0.717) is 17.3 Å². The summed E-state index contributed by atoms with van der Waals surface area (Å²) in [6.45, 7) is 19.2. The second-order valence-corrected chi connectivity index (χ2v) is 18.5. The second-order valence-electron chi connectivity index (χ2n) is 18.5. The van der Waals surface area contributed by atoms with Gasteiger partial charge in [-0.15, -0.1) is 0 Å². The molecule has 0 saturated heterocycles. The molecular weight excluding hydrogens is 601 g/mol. The number of aryl methyl sites for hydroxylation is 2. The van der Waals surface area contributed by atoms with Gasteiger partial charge in [-0.1, -0.05) is 111 Å². The van der Waals surface area contributed by atoms with Gasteiger partial charge in [0.2, 0.25) is 0 Å². The van der Waals surface area contributed by atoms with E-state index in [2.05, 4.69) is 61.5 Å². The van der Waals surface area contributed by atoms with Gasteiger partial charge in [-0.3, -0.25) is 4.79 Å². The number of esters is 1. The standard InChI is InChI=1S/C46H76O3/c1-9-42-34(5)35(6)43(49-42)21-16-14-12-10-11-13-15-17-22-44(47)48-37-27-29-45(7)36(31-37)23-24-38-40-26-25-39(33(4)20-18-19-32(2)3)46(40,8)30-28-41(38)45/h23,32-33,37-41H,9-22,24-31H2,1-8H3. The Hall–Kier alpha value is -1.51. The lowest BCUT2D eigenvalue weighted by atomic mass is 9.47. The summed E-state index contributed by atoms with van der Waals surface area (Å²) < 4.78 is 12.2. The molecule has 1 aromatic rings. The summed E-state index contributed by atoms with van der Waals surface area (Å²) in [5.41, 5.74) is 5.22. The molecule has 0 spiro atoms. The molecule has 0 bridgehead atoms. The second kappa shape index (κ2) is 17.3. The van der Waals surface area contributed by atoms with Crippen LogP contribution >= 0.6 is 0 Å². The van der Waals surface area contributed by atoms with Gasteiger partial charge in [0.05, 0.1) is 0 Å². The fourth-order valence-electron chi connectivity index (χ4n) is 11.9. The van der Waals surface area contributed by atoms with Gasteiger partial charge in [0.25, 0.3) is 0 Å². The molecule has 3 nitrogen and oxygen atoms in total. The quantitative estimate of drug-likeness (QED) is 0.0882. The number of hydrogen-bond donors (Lipinski definition) is 0. The van der Waals surface area contributed by atoms with E-state index >= 15 is 0 Å². The number of allylic oxidation sites excluding steroid dienone is 1. The molecule has 8 unspecified atom stereocenters. The molecule has 3 saturated carbocycles. The van der Waals surface area contributed by atoms with Crippen molar-refractivity contribution in [2.45, 2.75) is 203 Å². The number of unbranched alkanes of at least 4 members (excludes halogenated alkanes) is 7. The van der Waals surface area contributed by atoms with Gasteiger partial charge in [0.15, 0.2) is 0 Å². The van der Waals surface area contributed by atoms with Crippen molar-refractivity contribution in [2.24, 2.45) is 46.3 Å². The highest BCUT2D eigenvalue weighted by Gasteiger charge is 2.59. The molecule has 4 aliphatic rings. The number of carbonyl (C=O) groups excluding carboxylic acids is 1. The van der Waals surface area contributed by atoms with Gasteiger partial charge < -0.3 is 9.15 Å². The summed E-state index contributed by atoms with van der Waals surface area (Å²) >= 11 is 0. The zero-order valence-electron chi connectivity index (χ0n) is 33.4. The summed E-state index contributed by atoms with van der Waals surface area (Å²) in [5, 5.41) is 0. The molecule has 0 N–H and O–H groups in total. The lowest BCUT2D eigenvalue weighted by Gasteiger charge is -2.58. The van der Waals surface area contributed by atoms with Crippen LogP contribution in [0.25, 0.3) is 0 Å². The first-order valence-electron chi connectivity index (χ1n) is 21.4. The Labute approximate surface area is 302 Å². The van der Waals surface area contributed by atoms with Crippen LogP contribution in [-0.4, -0.2) is 12.1 Å². The first kappa shape index (κ1) is 38.7. The Morgan fingerprint density at radius 3 is 2.22 bits per heavy atom. The number of furan rings is 1. The Kier molecular flexibility index (Phi) is 13.7. The van der Waals surface area contributed by atoms with Gasteiger partial charge >= 0.3 is 5.97 Å². The first-order valence-corrected chi connectivity index (χ1v) is 21.4. The smallest absolute Gasteiger partial charge is 0.306 e. The van der Waals surface area contributed by atoms with E-state index in [1.54, 1.807) is 5.57 Å². The molecule has 1 heterocycles. The van der Waals surface area contributed by atoms with Crippen molar-refractivity contribution in [3.63, 3.8) is 0 Å². The van der Waals surface area contributed by atoms with Crippen molar-refractivity contribution >= 4 is 5.97 Å². The van der Waals surface area contributed by atoms with E-state index in [1.165, 1.54) is 119 Å². The summed E-state index contributed by atoms with van der Waals surface area (Å²) in [4.78, 5) is 12.9. The maximum atomic E-state index is 12.9. The molecular formula is C46H76O3. The van der Waals surface area contributed by atoms with Crippen molar-refractivity contribution < 1.29 is 13.9 Å². The zero-order chi connectivity index (χ0) is 35.2. The zero-order valence-corrected chi connectivity index (χ0v) is 33.4. The Morgan fingerprint density at radius 2 is 1.53 bits per heavy atom. The van der Waals surface area contributed by atoms with Crippen molar-refractivity contribution in [1.29, 1.82) is 0 Å². The highest BCUT2D eigenvalue weighted by atomic mass is 16.5. The van der Waals surface area contributed by atoms with Crippen LogP contribution in [0.4, 0.5) is 0 Å². The number of hydrogen-bond acceptors (Lipinski definition) is 3. The molecule has 1 aromatic heterocycles. The molecule has 49 heavy (non-hydrogen) atoms. The van der Waals surface area contributed by atoms with Gasteiger partial charge in [-0.25, -0.2) is 0 Å². The first-order chi connectivity index (χ1) is 23.5. The number of carbonyl (C=O) groups is 1. The summed E-state index contributed by atoms with van der Waals surface area (Å²) in [6.07, 6.45) is 29.7. The van der Waals surface area contributed by atoms with E-state index in [4.69, 9.17) is 9.15 Å². The molecule has 0 amide bonds. The van der Waals surface area contributed by atoms with Crippen LogP contribution in [0.1, 0.15) is 193 Å². The Balaban J connectivity index is 0.975. The van der Waals surface area contributed by atoms with Crippen LogP contribution in [0, 0.1) is 60.2 Å². The predicted molar refractivity (Wildman–Crippen MR) is 206 cm³/mol. The van der Waals surface area contributed by atoms with Gasteiger partial charge in [0.1, 0.15) is 17.6 Å². The third-order valence-corrected chi connectivity index (χ3v) is 15.1. The average molecular weight is 677 g/mol. The van der Waals surface area contributed by atoms with Crippen LogP contribution in [0.2, 0.25) is 0 Å². The fourth-order valence-corrected chi connectivity index (χ4v) is 11.9. The summed E-state index contributed by atoms with van der Waals surface area (Å²) in [5.74, 6) is 7.65. The van der Waals surface area contributed by atoms with E-state index in [9.17, 15) is 4.79 Å². The largest absolute Gasteiger partial charge is 0.466 e. The number of ether oxygens (including phenoxy) is 1. The van der Waals surface area contributed by atoms with Crippen LogP contribution in [0.5, 0.6) is 0 Å². The highest BCUT2D eigenvalue weighted by Crippen LogP contribution is 2.67. The predicted octanol–water partition coefficient (Wildman–Crippen LogP) is 13.5. The van der Waals surface area contributed by atoms with Gasteiger partial charge in [-0.05, 0) is 129 Å². The van der Waals surface area contributed by atoms with Crippen molar-refractivity contribution in [3.8, 4) is 0 Å². The van der Waals surface area contributed by atoms with Gasteiger partial charge in [0, 0.05) is 25.7 Å². The van der Waals surface area contributed by atoms with Crippen LogP contribution in [-0.2, 0) is 22.4 Å². The normalized spacial score (nSPS) is 31.6. The van der Waals surface area contributed by atoms with E-state index in [1.807, 2.05) is 0 Å². The summed E-state index contributed by atoms with van der Waals surface area (Å²) in [6, 6.07) is 0. The topological polar surface area (TPSA) is 39.4 Å². The van der Waals surface area contributed by atoms with Crippen LogP contribution in [0.15, 0.2) is 16.1 Å². The lowest BCUT2D eigenvalue weighted by molar-refractivity contribution is -0.151. The molecule has 3 fully saturated rings. The minimum atomic E-state index is 0.0468. The monoisotopic (exact) mass is 677 g/mol. The maximum absolute atomic E-state index is 12.9. The highest BCUT2D eigenvalue weighted by molar-refractivity contribution is 5.69. The molecule has 278 valence electrons. The fraction of sp³-hybridized carbons (Fsp3) is 0.848. The third kappa shape index (κ3) is 8.93. The van der Waals surface area contributed by atoms with E-state index in [-0.39, 0.29) is 12.1 Å². The average Bonchev–Trinajstić information content (AvgIpc) is 3.56. The van der Waals surface area contributed by atoms with Crippen LogP contribution in [0.3, 0.4) is 0 Å². The molecule has 0 aromatic carbocycles. The molecule has 3 heteroatoms. The Morgan fingerprint density at radius 1 is 0.837 bits per heavy atom. The van der Waals surface area contributed by atoms with Crippen molar-refractivity contribution in [2.75, 3.05) is 0 Å². The molecule has 8 atom stereocenters. The summed E-state index contributed by atoms with van der Waals surface area (Å²) in [7, 11) is 0. The van der Waals surface area contributed by atoms with Crippen LogP contribution < -0.4 is 0 Å². The third-order valence-electron chi connectivity index (χ3n) is 15.1. The minimum absolute atomic E-state index is 0.0468. The lowest BCUT2D eigenvalue weighted by Crippen LogP contribution is -2.51. The van der Waals surface area contributed by atoms with Crippen molar-refractivity contribution in [3.05, 3.63) is 34.3 Å². The number of rotatable bonds is 18. The maximum Gasteiger partial charge on any atom is 0.306 e. The molecule has 5 rings (SSSR count). The van der Waals surface area contributed by atoms with Gasteiger partial charge in [-0.2, -0.15) is 0 Å². The minimum Gasteiger partial charge on any atom is -0.466 e.